The van der Waals surface area contributed by atoms with Crippen molar-refractivity contribution < 1.29 is 24.2 Å². The minimum absolute atomic E-state index is 0.0701. The number of amides is 2. The van der Waals surface area contributed by atoms with E-state index in [1.807, 2.05) is 0 Å². The Kier molecular flexibility index (Phi) is 6.13. The molecule has 1 aliphatic heterocycles. The number of aliphatic hydroxyl groups is 1. The molecule has 2 amide bonds. The molecule has 0 fully saturated rings. The predicted molar refractivity (Wildman–Crippen MR) is 91.7 cm³/mol. The molecule has 0 bridgehead atoms. The summed E-state index contributed by atoms with van der Waals surface area (Å²) in [6.07, 6.45) is 0.351. The largest absolute Gasteiger partial charge is 0.466 e. The molecular formula is C17H21N3O5. The Hall–Kier alpha value is -2.87. The lowest BCUT2D eigenvalue weighted by atomic mass is 10.2. The lowest BCUT2D eigenvalue weighted by molar-refractivity contribution is -0.136. The van der Waals surface area contributed by atoms with Crippen molar-refractivity contribution in [2.75, 3.05) is 37.4 Å². The third-order valence-corrected chi connectivity index (χ3v) is 3.69. The Labute approximate surface area is 145 Å². The molecule has 2 rings (SSSR count). The summed E-state index contributed by atoms with van der Waals surface area (Å²) in [6, 6.07) is 6.82. The van der Waals surface area contributed by atoms with Crippen LogP contribution in [0.25, 0.3) is 0 Å². The van der Waals surface area contributed by atoms with E-state index < -0.39 is 11.9 Å². The van der Waals surface area contributed by atoms with Crippen molar-refractivity contribution in [3.05, 3.63) is 35.5 Å². The molecule has 0 atom stereocenters. The maximum absolute atomic E-state index is 12.5. The minimum Gasteiger partial charge on any atom is -0.466 e. The first-order valence-corrected chi connectivity index (χ1v) is 7.88. The van der Waals surface area contributed by atoms with Crippen LogP contribution in [0.15, 0.2) is 35.5 Å². The summed E-state index contributed by atoms with van der Waals surface area (Å²) in [7, 11) is 1.24. The molecule has 1 aromatic rings. The fraction of sp³-hybridized carbons (Fsp3) is 0.353. The summed E-state index contributed by atoms with van der Waals surface area (Å²) >= 11 is 0. The Morgan fingerprint density at radius 1 is 1.32 bits per heavy atom. The fourth-order valence-corrected chi connectivity index (χ4v) is 2.42. The smallest absolute Gasteiger partial charge is 0.337 e. The Morgan fingerprint density at radius 3 is 2.68 bits per heavy atom. The number of ether oxygens (including phenoxy) is 1. The van der Waals surface area contributed by atoms with E-state index in [0.29, 0.717) is 17.8 Å². The number of carbonyl (C=O) groups is 3. The topological polar surface area (TPSA) is 108 Å². The summed E-state index contributed by atoms with van der Waals surface area (Å²) in [6.45, 7) is 1.74. The molecule has 0 aromatic heterocycles. The molecule has 0 saturated heterocycles. The Morgan fingerprint density at radius 2 is 2.04 bits per heavy atom. The van der Waals surface area contributed by atoms with Gasteiger partial charge in [0.2, 0.25) is 5.91 Å². The third-order valence-electron chi connectivity index (χ3n) is 3.69. The van der Waals surface area contributed by atoms with Crippen LogP contribution in [0, 0.1) is 0 Å². The zero-order chi connectivity index (χ0) is 18.4. The maximum Gasteiger partial charge on any atom is 0.337 e. The van der Waals surface area contributed by atoms with E-state index in [4.69, 9.17) is 9.84 Å². The van der Waals surface area contributed by atoms with Crippen molar-refractivity contribution in [1.29, 1.82) is 0 Å². The number of benzene rings is 1. The highest BCUT2D eigenvalue weighted by Crippen LogP contribution is 2.24. The third kappa shape index (κ3) is 4.36. The quantitative estimate of drug-likeness (QED) is 0.627. The first-order valence-electron chi connectivity index (χ1n) is 7.88. The number of hydrogen-bond acceptors (Lipinski definition) is 6. The van der Waals surface area contributed by atoms with Crippen LogP contribution in [0.4, 0.5) is 11.4 Å². The van der Waals surface area contributed by atoms with Gasteiger partial charge in [-0.2, -0.15) is 0 Å². The van der Waals surface area contributed by atoms with Crippen LogP contribution in [0.5, 0.6) is 0 Å². The average molecular weight is 347 g/mol. The lowest BCUT2D eigenvalue weighted by Gasteiger charge is -2.15. The summed E-state index contributed by atoms with van der Waals surface area (Å²) < 4.78 is 4.73. The van der Waals surface area contributed by atoms with E-state index in [9.17, 15) is 14.4 Å². The standard InChI is InChI=1S/C17H21N3O5/c1-3-14(22)18-11-5-4-6-12(9-11)19-15-13(17(24)25-2)10-20(7-8-21)16(15)23/h4-6,9,19,21H,3,7-8,10H2,1-2H3,(H,18,22). The zero-order valence-electron chi connectivity index (χ0n) is 14.2. The number of nitrogens with one attached hydrogen (secondary N) is 2. The van der Waals surface area contributed by atoms with Crippen molar-refractivity contribution >= 4 is 29.2 Å². The van der Waals surface area contributed by atoms with E-state index in [1.165, 1.54) is 12.0 Å². The van der Waals surface area contributed by atoms with Gasteiger partial charge in [0.25, 0.3) is 5.91 Å². The highest BCUT2D eigenvalue weighted by Gasteiger charge is 2.34. The highest BCUT2D eigenvalue weighted by atomic mass is 16.5. The second-order valence-electron chi connectivity index (χ2n) is 5.40. The van der Waals surface area contributed by atoms with Crippen LogP contribution in [0.2, 0.25) is 0 Å². The summed E-state index contributed by atoms with van der Waals surface area (Å²) in [4.78, 5) is 37.3. The number of esters is 1. The first kappa shape index (κ1) is 18.5. The normalized spacial score (nSPS) is 13.9. The van der Waals surface area contributed by atoms with Gasteiger partial charge >= 0.3 is 5.97 Å². The first-order chi connectivity index (χ1) is 12.0. The SMILES string of the molecule is CCC(=O)Nc1cccc(NC2=C(C(=O)OC)CN(CCO)C2=O)c1. The molecule has 0 saturated carbocycles. The summed E-state index contributed by atoms with van der Waals surface area (Å²) in [5.74, 6) is -1.12. The molecule has 1 heterocycles. The second kappa shape index (κ2) is 8.29. The van der Waals surface area contributed by atoms with Crippen LogP contribution in [-0.4, -0.2) is 54.6 Å². The number of anilines is 2. The molecule has 0 unspecified atom stereocenters. The van der Waals surface area contributed by atoms with Gasteiger partial charge in [0.15, 0.2) is 0 Å². The van der Waals surface area contributed by atoms with Gasteiger partial charge in [0.05, 0.1) is 25.8 Å². The molecule has 1 aliphatic rings. The second-order valence-corrected chi connectivity index (χ2v) is 5.40. The van der Waals surface area contributed by atoms with Crippen LogP contribution >= 0.6 is 0 Å². The number of rotatable bonds is 7. The van der Waals surface area contributed by atoms with Crippen LogP contribution in [0.1, 0.15) is 13.3 Å². The van der Waals surface area contributed by atoms with E-state index in [0.717, 1.165) is 0 Å². The number of β-amino-alcohol motifs (C(OH)–C–C–N with tert-alkyl or cyclic N) is 1. The molecular weight excluding hydrogens is 326 g/mol. The molecule has 3 N–H and O–H groups in total. The van der Waals surface area contributed by atoms with Crippen LogP contribution in [0.3, 0.4) is 0 Å². The number of carbonyl (C=O) groups excluding carboxylic acids is 3. The van der Waals surface area contributed by atoms with E-state index >= 15 is 0 Å². The number of nitrogens with zero attached hydrogens (tertiary/aromatic N) is 1. The molecule has 134 valence electrons. The predicted octanol–water partition coefficient (Wildman–Crippen LogP) is 0.709. The van der Waals surface area contributed by atoms with Gasteiger partial charge in [0, 0.05) is 24.3 Å². The maximum atomic E-state index is 12.5. The van der Waals surface area contributed by atoms with Crippen molar-refractivity contribution in [2.45, 2.75) is 13.3 Å². The molecule has 1 aromatic carbocycles. The van der Waals surface area contributed by atoms with Gasteiger partial charge in [-0.1, -0.05) is 13.0 Å². The zero-order valence-corrected chi connectivity index (χ0v) is 14.2. The van der Waals surface area contributed by atoms with Gasteiger partial charge in [-0.25, -0.2) is 4.79 Å². The van der Waals surface area contributed by atoms with E-state index in [2.05, 4.69) is 10.6 Å². The molecule has 0 aliphatic carbocycles. The van der Waals surface area contributed by atoms with Gasteiger partial charge in [-0.15, -0.1) is 0 Å². The summed E-state index contributed by atoms with van der Waals surface area (Å²) in [5, 5.41) is 14.7. The fourth-order valence-electron chi connectivity index (χ4n) is 2.42. The summed E-state index contributed by atoms with van der Waals surface area (Å²) in [5.41, 5.74) is 1.43. The monoisotopic (exact) mass is 347 g/mol. The van der Waals surface area contributed by atoms with Crippen molar-refractivity contribution in [3.8, 4) is 0 Å². The minimum atomic E-state index is -0.605. The molecule has 0 radical (unpaired) electrons. The Bertz CT molecular complexity index is 714. The van der Waals surface area contributed by atoms with Crippen molar-refractivity contribution in [3.63, 3.8) is 0 Å². The van der Waals surface area contributed by atoms with Crippen LogP contribution in [-0.2, 0) is 19.1 Å². The highest BCUT2D eigenvalue weighted by molar-refractivity contribution is 6.08. The molecule has 8 heteroatoms. The van der Waals surface area contributed by atoms with E-state index in [1.54, 1.807) is 31.2 Å². The molecule has 25 heavy (non-hydrogen) atoms. The van der Waals surface area contributed by atoms with Crippen molar-refractivity contribution in [1.82, 2.24) is 4.90 Å². The van der Waals surface area contributed by atoms with Gasteiger partial charge in [-0.3, -0.25) is 9.59 Å². The average Bonchev–Trinajstić information content (AvgIpc) is 2.91. The number of methoxy groups -OCH3 is 1. The van der Waals surface area contributed by atoms with Gasteiger partial charge < -0.3 is 25.4 Å². The Balaban J connectivity index is 2.26. The molecule has 0 spiro atoms. The lowest BCUT2D eigenvalue weighted by Crippen LogP contribution is -2.31. The number of aliphatic hydroxyl groups excluding tert-OH is 1. The molecule has 8 nitrogen and oxygen atoms in total. The van der Waals surface area contributed by atoms with Crippen LogP contribution < -0.4 is 10.6 Å². The van der Waals surface area contributed by atoms with Crippen molar-refractivity contribution in [2.24, 2.45) is 0 Å². The number of hydrogen-bond donors (Lipinski definition) is 3. The van der Waals surface area contributed by atoms with Gasteiger partial charge in [-0.05, 0) is 18.2 Å². The van der Waals surface area contributed by atoms with E-state index in [-0.39, 0.29) is 36.9 Å². The van der Waals surface area contributed by atoms with Gasteiger partial charge in [0.1, 0.15) is 5.70 Å².